The number of rotatable bonds is 5. The molecule has 5 nitrogen and oxygen atoms in total. The van der Waals surface area contributed by atoms with Crippen molar-refractivity contribution in [3.05, 3.63) is 53.3 Å². The van der Waals surface area contributed by atoms with Crippen molar-refractivity contribution in [2.75, 3.05) is 11.8 Å². The largest absolute Gasteiger partial charge is 0.433 e. The van der Waals surface area contributed by atoms with E-state index >= 15 is 0 Å². The van der Waals surface area contributed by atoms with Crippen molar-refractivity contribution in [2.45, 2.75) is 24.6 Å². The van der Waals surface area contributed by atoms with E-state index in [0.29, 0.717) is 5.56 Å². The Bertz CT molecular complexity index is 836. The van der Waals surface area contributed by atoms with Crippen molar-refractivity contribution in [2.24, 2.45) is 0 Å². The zero-order chi connectivity index (χ0) is 18.0. The Kier molecular flexibility index (Phi) is 5.14. The van der Waals surface area contributed by atoms with Crippen LogP contribution in [0.25, 0.3) is 0 Å². The Morgan fingerprint density at radius 1 is 1.17 bits per heavy atom. The second kappa shape index (κ2) is 6.78. The highest BCUT2D eigenvalue weighted by Crippen LogP contribution is 2.30. The van der Waals surface area contributed by atoms with E-state index in [4.69, 9.17) is 4.74 Å². The molecular weight excluding hydrogens is 345 g/mol. The molecule has 0 aliphatic heterocycles. The van der Waals surface area contributed by atoms with Gasteiger partial charge in [-0.25, -0.2) is 13.4 Å². The average Bonchev–Trinajstić information content (AvgIpc) is 2.49. The highest BCUT2D eigenvalue weighted by Gasteiger charge is 2.33. The molecule has 130 valence electrons. The van der Waals surface area contributed by atoms with Crippen LogP contribution in [0, 0.1) is 6.92 Å². The van der Waals surface area contributed by atoms with Crippen LogP contribution in [0.15, 0.2) is 41.3 Å². The molecule has 1 aromatic carbocycles. The minimum absolute atomic E-state index is 0.00820. The third-order valence-electron chi connectivity index (χ3n) is 3.18. The molecular formula is C15H15F3N2O3S. The third kappa shape index (κ3) is 4.04. The van der Waals surface area contributed by atoms with Crippen LogP contribution in [0.5, 0.6) is 0 Å². The minimum atomic E-state index is -4.59. The first-order chi connectivity index (χ1) is 11.1. The van der Waals surface area contributed by atoms with E-state index in [1.54, 1.807) is 18.2 Å². The van der Waals surface area contributed by atoms with Gasteiger partial charge in [0.25, 0.3) is 10.0 Å². The normalized spacial score (nSPS) is 12.2. The molecule has 0 saturated heterocycles. The summed E-state index contributed by atoms with van der Waals surface area (Å²) in [6, 6.07) is 7.97. The molecule has 2 rings (SSSR count). The first kappa shape index (κ1) is 18.2. The van der Waals surface area contributed by atoms with Crippen LogP contribution in [0.3, 0.4) is 0 Å². The summed E-state index contributed by atoms with van der Waals surface area (Å²) in [6.45, 7) is 1.38. The minimum Gasteiger partial charge on any atom is -0.380 e. The van der Waals surface area contributed by atoms with Crippen molar-refractivity contribution in [3.63, 3.8) is 0 Å². The highest BCUT2D eigenvalue weighted by molar-refractivity contribution is 7.92. The molecule has 0 bridgehead atoms. The monoisotopic (exact) mass is 360 g/mol. The number of hydrogen-bond acceptors (Lipinski definition) is 4. The van der Waals surface area contributed by atoms with E-state index in [0.717, 1.165) is 12.1 Å². The number of anilines is 1. The molecule has 0 spiro atoms. The zero-order valence-corrected chi connectivity index (χ0v) is 13.7. The van der Waals surface area contributed by atoms with Gasteiger partial charge in [-0.15, -0.1) is 0 Å². The lowest BCUT2D eigenvalue weighted by atomic mass is 10.2. The number of aryl methyl sites for hydroxylation is 1. The van der Waals surface area contributed by atoms with Gasteiger partial charge in [0.05, 0.1) is 22.9 Å². The fourth-order valence-corrected chi connectivity index (χ4v) is 3.41. The van der Waals surface area contributed by atoms with Crippen molar-refractivity contribution in [3.8, 4) is 0 Å². The van der Waals surface area contributed by atoms with Gasteiger partial charge in [0.15, 0.2) is 0 Å². The molecule has 2 aromatic rings. The lowest BCUT2D eigenvalue weighted by Crippen LogP contribution is -2.17. The van der Waals surface area contributed by atoms with Crippen LogP contribution in [0.4, 0.5) is 18.9 Å². The number of methoxy groups -OCH3 is 1. The Morgan fingerprint density at radius 3 is 2.42 bits per heavy atom. The van der Waals surface area contributed by atoms with Crippen LogP contribution in [0.2, 0.25) is 0 Å². The van der Waals surface area contributed by atoms with Gasteiger partial charge >= 0.3 is 6.18 Å². The standard InChI is InChI=1S/C15H15F3N2O3S/c1-10-12(7-8-14(19-10)15(16,17)18)20-24(21,22)13-6-4-3-5-11(13)9-23-2/h3-8,20H,9H2,1-2H3. The van der Waals surface area contributed by atoms with Crippen LogP contribution >= 0.6 is 0 Å². The summed E-state index contributed by atoms with van der Waals surface area (Å²) >= 11 is 0. The molecule has 0 aliphatic carbocycles. The number of nitrogens with zero attached hydrogens (tertiary/aromatic N) is 1. The SMILES string of the molecule is COCc1ccccc1S(=O)(=O)Nc1ccc(C(F)(F)F)nc1C. The summed E-state index contributed by atoms with van der Waals surface area (Å²) in [4.78, 5) is 3.40. The fourth-order valence-electron chi connectivity index (χ4n) is 2.07. The van der Waals surface area contributed by atoms with Crippen LogP contribution < -0.4 is 4.72 Å². The van der Waals surface area contributed by atoms with Gasteiger partial charge in [-0.05, 0) is 30.7 Å². The van der Waals surface area contributed by atoms with E-state index in [9.17, 15) is 21.6 Å². The highest BCUT2D eigenvalue weighted by atomic mass is 32.2. The molecule has 1 heterocycles. The van der Waals surface area contributed by atoms with E-state index in [1.165, 1.54) is 20.1 Å². The number of benzene rings is 1. The summed E-state index contributed by atoms with van der Waals surface area (Å²) in [5.41, 5.74) is -0.736. The third-order valence-corrected chi connectivity index (χ3v) is 4.65. The van der Waals surface area contributed by atoms with E-state index in [1.807, 2.05) is 0 Å². The summed E-state index contributed by atoms with van der Waals surface area (Å²) in [6.07, 6.45) is -4.59. The summed E-state index contributed by atoms with van der Waals surface area (Å²) in [7, 11) is -2.56. The number of alkyl halides is 3. The Hall–Kier alpha value is -2.13. The number of nitrogens with one attached hydrogen (secondary N) is 1. The van der Waals surface area contributed by atoms with E-state index in [2.05, 4.69) is 9.71 Å². The Balaban J connectivity index is 2.37. The molecule has 0 radical (unpaired) electrons. The van der Waals surface area contributed by atoms with Gasteiger partial charge in [-0.2, -0.15) is 13.2 Å². The topological polar surface area (TPSA) is 68.3 Å². The molecule has 9 heteroatoms. The van der Waals surface area contributed by atoms with E-state index < -0.39 is 21.9 Å². The van der Waals surface area contributed by atoms with Crippen LogP contribution in [0.1, 0.15) is 17.0 Å². The molecule has 0 atom stereocenters. The van der Waals surface area contributed by atoms with E-state index in [-0.39, 0.29) is 22.9 Å². The van der Waals surface area contributed by atoms with Gasteiger partial charge in [-0.1, -0.05) is 18.2 Å². The van der Waals surface area contributed by atoms with Crippen LogP contribution in [-0.2, 0) is 27.5 Å². The van der Waals surface area contributed by atoms with Gasteiger partial charge < -0.3 is 4.74 Å². The van der Waals surface area contributed by atoms with Crippen molar-refractivity contribution in [1.82, 2.24) is 4.98 Å². The van der Waals surface area contributed by atoms with Crippen molar-refractivity contribution in [1.29, 1.82) is 0 Å². The molecule has 1 N–H and O–H groups in total. The fraction of sp³-hybridized carbons (Fsp3) is 0.267. The van der Waals surface area contributed by atoms with Crippen molar-refractivity contribution < 1.29 is 26.3 Å². The number of ether oxygens (including phenoxy) is 1. The maximum Gasteiger partial charge on any atom is 0.433 e. The first-order valence-electron chi connectivity index (χ1n) is 6.79. The maximum atomic E-state index is 12.6. The Labute approximate surface area is 137 Å². The number of pyridine rings is 1. The summed E-state index contributed by atoms with van der Waals surface area (Å²) in [5, 5.41) is 0. The Morgan fingerprint density at radius 2 is 1.83 bits per heavy atom. The number of hydrogen-bond donors (Lipinski definition) is 1. The number of aromatic nitrogens is 1. The van der Waals surface area contributed by atoms with Gasteiger partial charge in [0.1, 0.15) is 5.69 Å². The molecule has 0 fully saturated rings. The van der Waals surface area contributed by atoms with Gasteiger partial charge in [-0.3, -0.25) is 4.72 Å². The lowest BCUT2D eigenvalue weighted by Gasteiger charge is -2.14. The van der Waals surface area contributed by atoms with Crippen molar-refractivity contribution >= 4 is 15.7 Å². The average molecular weight is 360 g/mol. The lowest BCUT2D eigenvalue weighted by molar-refractivity contribution is -0.141. The number of halogens is 3. The van der Waals surface area contributed by atoms with Gasteiger partial charge in [0.2, 0.25) is 0 Å². The zero-order valence-electron chi connectivity index (χ0n) is 12.9. The number of sulfonamides is 1. The second-order valence-electron chi connectivity index (χ2n) is 4.97. The quantitative estimate of drug-likeness (QED) is 0.888. The molecule has 24 heavy (non-hydrogen) atoms. The molecule has 0 aliphatic rings. The molecule has 0 amide bonds. The summed E-state index contributed by atoms with van der Waals surface area (Å²) < 4.78 is 70.1. The second-order valence-corrected chi connectivity index (χ2v) is 6.62. The molecule has 1 aromatic heterocycles. The predicted octanol–water partition coefficient (Wildman–Crippen LogP) is 3.36. The summed E-state index contributed by atoms with van der Waals surface area (Å²) in [5.74, 6) is 0. The smallest absolute Gasteiger partial charge is 0.380 e. The van der Waals surface area contributed by atoms with Gasteiger partial charge in [0, 0.05) is 7.11 Å². The maximum absolute atomic E-state index is 12.6. The molecule has 0 unspecified atom stereocenters. The van der Waals surface area contributed by atoms with Crippen LogP contribution in [-0.4, -0.2) is 20.5 Å². The molecule has 0 saturated carbocycles. The first-order valence-corrected chi connectivity index (χ1v) is 8.28. The predicted molar refractivity (Wildman–Crippen MR) is 81.9 cm³/mol.